The highest BCUT2D eigenvalue weighted by Gasteiger charge is 2.18. The summed E-state index contributed by atoms with van der Waals surface area (Å²) in [6, 6.07) is 10.6. The quantitative estimate of drug-likeness (QED) is 0.181. The first-order valence-electron chi connectivity index (χ1n) is 10.8. The van der Waals surface area contributed by atoms with Crippen molar-refractivity contribution in [1.29, 1.82) is 0 Å². The molecule has 33 heavy (non-hydrogen) atoms. The molecule has 0 spiro atoms. The van der Waals surface area contributed by atoms with Gasteiger partial charge in [0.2, 0.25) is 11.8 Å². The minimum Gasteiger partial charge on any atom is -0.508 e. The molecule has 4 rings (SSSR count). The molecule has 0 atom stereocenters. The molecule has 6 nitrogen and oxygen atoms in total. The Morgan fingerprint density at radius 2 is 1.27 bits per heavy atom. The number of hydrogen-bond donors (Lipinski definition) is 3. The molecule has 0 bridgehead atoms. The molecule has 0 radical (unpaired) electrons. The van der Waals surface area contributed by atoms with Gasteiger partial charge in [-0.2, -0.15) is 0 Å². The van der Waals surface area contributed by atoms with Crippen LogP contribution in [0.25, 0.3) is 0 Å². The first-order valence-corrected chi connectivity index (χ1v) is 14.2. The molecule has 0 saturated carbocycles. The lowest BCUT2D eigenvalue weighted by molar-refractivity contribution is -0.115. The van der Waals surface area contributed by atoms with E-state index in [4.69, 9.17) is 9.84 Å². The minimum atomic E-state index is -0.00870. The molecule has 9 heteroatoms. The molecule has 2 heterocycles. The Kier molecular flexibility index (Phi) is 12.9. The van der Waals surface area contributed by atoms with E-state index in [0.29, 0.717) is 12.8 Å². The summed E-state index contributed by atoms with van der Waals surface area (Å²) >= 11 is 10.0. The van der Waals surface area contributed by atoms with Gasteiger partial charge in [-0.3, -0.25) is 9.59 Å². The van der Waals surface area contributed by atoms with E-state index in [1.165, 1.54) is 12.8 Å². The molecule has 0 saturated heterocycles. The Morgan fingerprint density at radius 3 is 1.85 bits per heavy atom. The van der Waals surface area contributed by atoms with E-state index < -0.39 is 0 Å². The van der Waals surface area contributed by atoms with Crippen LogP contribution in [-0.4, -0.2) is 39.5 Å². The summed E-state index contributed by atoms with van der Waals surface area (Å²) in [5.41, 5.74) is 3.63. The lowest BCUT2D eigenvalue weighted by atomic mass is 10.1. The molecular formula is C24H29Br3N2O4. The number of hydrogen-bond acceptors (Lipinski definition) is 4. The molecule has 0 unspecified atom stereocenters. The summed E-state index contributed by atoms with van der Waals surface area (Å²) in [7, 11) is 0. The maximum atomic E-state index is 11.2. The third-order valence-electron chi connectivity index (χ3n) is 4.73. The first kappa shape index (κ1) is 27.7. The SMILES string of the molecule is BrCCCCBr.O=C1Cc2cc(O)ccc2N1.O=C1Cc2cc(OCCCCBr)ccc2N1. The number of rotatable bonds is 8. The number of unbranched alkanes of at least 4 members (excludes halogenated alkanes) is 2. The highest BCUT2D eigenvalue weighted by atomic mass is 79.9. The smallest absolute Gasteiger partial charge is 0.228 e. The van der Waals surface area contributed by atoms with E-state index in [2.05, 4.69) is 58.4 Å². The normalized spacial score (nSPS) is 12.9. The average molecular weight is 649 g/mol. The van der Waals surface area contributed by atoms with Gasteiger partial charge in [-0.1, -0.05) is 47.8 Å². The number of aromatic hydroxyl groups is 1. The van der Waals surface area contributed by atoms with Gasteiger partial charge in [0.15, 0.2) is 0 Å². The molecule has 2 aliphatic heterocycles. The van der Waals surface area contributed by atoms with Crippen molar-refractivity contribution in [2.75, 3.05) is 33.2 Å². The molecule has 0 aliphatic carbocycles. The molecule has 3 N–H and O–H groups in total. The number of carbonyl (C=O) groups is 2. The van der Waals surface area contributed by atoms with Crippen LogP contribution >= 0.6 is 47.8 Å². The van der Waals surface area contributed by atoms with Gasteiger partial charge in [0.25, 0.3) is 0 Å². The molecule has 2 aromatic carbocycles. The highest BCUT2D eigenvalue weighted by Crippen LogP contribution is 2.27. The molecule has 2 amide bonds. The summed E-state index contributed by atoms with van der Waals surface area (Å²) < 4.78 is 5.61. The van der Waals surface area contributed by atoms with E-state index in [9.17, 15) is 9.59 Å². The molecule has 0 aromatic heterocycles. The number of amides is 2. The standard InChI is InChI=1S/C12H14BrNO2.C8H7NO2.C4H8Br2/c13-5-1-2-6-16-10-3-4-11-9(7-10)8-12(15)14-11;10-6-1-2-7-5(3-6)4-8(11)9-7;5-3-1-2-4-6/h3-4,7H,1-2,5-6,8H2,(H,14,15);1-3,10H,4H2,(H,9,11);1-4H2. The summed E-state index contributed by atoms with van der Waals surface area (Å²) in [6.07, 6.45) is 5.57. The summed E-state index contributed by atoms with van der Waals surface area (Å²) in [6.45, 7) is 0.728. The predicted octanol–water partition coefficient (Wildman–Crippen LogP) is 6.18. The van der Waals surface area contributed by atoms with Gasteiger partial charge in [0.05, 0.1) is 19.4 Å². The minimum absolute atomic E-state index is 0.00870. The first-order chi connectivity index (χ1) is 16.0. The van der Waals surface area contributed by atoms with Crippen molar-refractivity contribution < 1.29 is 19.4 Å². The highest BCUT2D eigenvalue weighted by molar-refractivity contribution is 9.09. The van der Waals surface area contributed by atoms with Crippen molar-refractivity contribution in [2.45, 2.75) is 38.5 Å². The molecule has 2 aromatic rings. The third kappa shape index (κ3) is 10.1. The number of anilines is 2. The lowest BCUT2D eigenvalue weighted by Gasteiger charge is -2.06. The van der Waals surface area contributed by atoms with Crippen LogP contribution < -0.4 is 15.4 Å². The number of halogens is 3. The number of fused-ring (bicyclic) bond motifs is 2. The lowest BCUT2D eigenvalue weighted by Crippen LogP contribution is -2.03. The summed E-state index contributed by atoms with van der Waals surface area (Å²) in [5, 5.41) is 17.8. The van der Waals surface area contributed by atoms with Gasteiger partial charge in [0, 0.05) is 27.4 Å². The number of benzene rings is 2. The van der Waals surface area contributed by atoms with Crippen LogP contribution in [0.1, 0.15) is 36.8 Å². The Hall–Kier alpha value is -1.58. The Balaban J connectivity index is 0.000000196. The van der Waals surface area contributed by atoms with Crippen LogP contribution in [0.4, 0.5) is 11.4 Å². The Bertz CT molecular complexity index is 921. The van der Waals surface area contributed by atoms with Crippen LogP contribution in [0.15, 0.2) is 36.4 Å². The van der Waals surface area contributed by atoms with Gasteiger partial charge in [-0.05, 0) is 73.2 Å². The third-order valence-corrected chi connectivity index (χ3v) is 6.41. The Labute approximate surface area is 220 Å². The van der Waals surface area contributed by atoms with Crippen molar-refractivity contribution in [1.82, 2.24) is 0 Å². The fourth-order valence-corrected chi connectivity index (χ4v) is 4.28. The van der Waals surface area contributed by atoms with Crippen molar-refractivity contribution in [2.24, 2.45) is 0 Å². The van der Waals surface area contributed by atoms with Gasteiger partial charge in [0.1, 0.15) is 11.5 Å². The van der Waals surface area contributed by atoms with Crippen molar-refractivity contribution in [3.63, 3.8) is 0 Å². The van der Waals surface area contributed by atoms with E-state index in [1.54, 1.807) is 18.2 Å². The number of nitrogens with one attached hydrogen (secondary N) is 2. The summed E-state index contributed by atoms with van der Waals surface area (Å²) in [4.78, 5) is 22.0. The van der Waals surface area contributed by atoms with Crippen LogP contribution in [-0.2, 0) is 22.4 Å². The number of phenols is 1. The van der Waals surface area contributed by atoms with Crippen molar-refractivity contribution in [3.8, 4) is 11.5 Å². The van der Waals surface area contributed by atoms with E-state index in [-0.39, 0.29) is 17.6 Å². The predicted molar refractivity (Wildman–Crippen MR) is 145 cm³/mol. The topological polar surface area (TPSA) is 87.7 Å². The second-order valence-electron chi connectivity index (χ2n) is 7.44. The molecule has 180 valence electrons. The number of carbonyl (C=O) groups excluding carboxylic acids is 2. The monoisotopic (exact) mass is 646 g/mol. The molecular weight excluding hydrogens is 620 g/mol. The number of ether oxygens (including phenoxy) is 1. The maximum absolute atomic E-state index is 11.2. The van der Waals surface area contributed by atoms with Gasteiger partial charge in [-0.15, -0.1) is 0 Å². The second kappa shape index (κ2) is 15.3. The maximum Gasteiger partial charge on any atom is 0.228 e. The average Bonchev–Trinajstić information content (AvgIpc) is 3.35. The van der Waals surface area contributed by atoms with Crippen molar-refractivity contribution >= 4 is 71.0 Å². The number of phenolic OH excluding ortho intramolecular Hbond substituents is 1. The second-order valence-corrected chi connectivity index (χ2v) is 9.82. The van der Waals surface area contributed by atoms with Gasteiger partial charge in [-0.25, -0.2) is 0 Å². The Morgan fingerprint density at radius 1 is 0.758 bits per heavy atom. The van der Waals surface area contributed by atoms with E-state index in [0.717, 1.165) is 63.7 Å². The fourth-order valence-electron chi connectivity index (χ4n) is 3.09. The molecule has 0 fully saturated rings. The van der Waals surface area contributed by atoms with Crippen LogP contribution in [0.5, 0.6) is 11.5 Å². The van der Waals surface area contributed by atoms with E-state index >= 15 is 0 Å². The zero-order valence-electron chi connectivity index (χ0n) is 18.3. The van der Waals surface area contributed by atoms with Gasteiger partial charge >= 0.3 is 0 Å². The zero-order valence-corrected chi connectivity index (χ0v) is 23.1. The van der Waals surface area contributed by atoms with Crippen LogP contribution in [0.2, 0.25) is 0 Å². The zero-order chi connectivity index (χ0) is 24.1. The van der Waals surface area contributed by atoms with E-state index in [1.807, 2.05) is 18.2 Å². The number of alkyl halides is 3. The van der Waals surface area contributed by atoms with Crippen LogP contribution in [0, 0.1) is 0 Å². The van der Waals surface area contributed by atoms with Crippen molar-refractivity contribution in [3.05, 3.63) is 47.5 Å². The largest absolute Gasteiger partial charge is 0.508 e. The van der Waals surface area contributed by atoms with Gasteiger partial charge < -0.3 is 20.5 Å². The molecule has 2 aliphatic rings. The van der Waals surface area contributed by atoms with Crippen LogP contribution in [0.3, 0.4) is 0 Å². The fraction of sp³-hybridized carbons (Fsp3) is 0.417. The summed E-state index contributed by atoms with van der Waals surface area (Å²) in [5.74, 6) is 1.11.